The van der Waals surface area contributed by atoms with Crippen LogP contribution in [0.2, 0.25) is 0 Å². The fourth-order valence-electron chi connectivity index (χ4n) is 3.36. The standard InChI is InChI=1S/C24H27ClN4O2/c1-16-7-12-20(27-16)28-23(31)22(17-6-5-13-26-15-17)29(21(30)14-25)19-10-8-18(9-11-19)24(2,3)4/h5-13,15,22,27H,14H2,1-4H3,(H,28,31). The fraction of sp³-hybridized carbons (Fsp3) is 0.292. The Bertz CT molecular complexity index is 1040. The highest BCUT2D eigenvalue weighted by atomic mass is 35.5. The molecular formula is C24H27ClN4O2. The summed E-state index contributed by atoms with van der Waals surface area (Å²) >= 11 is 5.96. The SMILES string of the molecule is Cc1ccc(NC(=O)C(c2cccnc2)N(C(=O)CCl)c2ccc(C(C)(C)C)cc2)[nH]1. The predicted octanol–water partition coefficient (Wildman–Crippen LogP) is 4.97. The predicted molar refractivity (Wildman–Crippen MR) is 124 cm³/mol. The third-order valence-electron chi connectivity index (χ3n) is 4.99. The van der Waals surface area contributed by atoms with Gasteiger partial charge in [-0.1, -0.05) is 39.0 Å². The monoisotopic (exact) mass is 438 g/mol. The van der Waals surface area contributed by atoms with Crippen molar-refractivity contribution in [3.8, 4) is 0 Å². The molecule has 3 rings (SSSR count). The first-order valence-corrected chi connectivity index (χ1v) is 10.6. The van der Waals surface area contributed by atoms with Crippen molar-refractivity contribution in [1.29, 1.82) is 0 Å². The van der Waals surface area contributed by atoms with Crippen LogP contribution in [0.5, 0.6) is 0 Å². The maximum absolute atomic E-state index is 13.4. The number of aryl methyl sites for hydroxylation is 1. The quantitative estimate of drug-likeness (QED) is 0.533. The summed E-state index contributed by atoms with van der Waals surface area (Å²) in [6, 6.07) is 13.8. The van der Waals surface area contributed by atoms with Crippen molar-refractivity contribution < 1.29 is 9.59 Å². The summed E-state index contributed by atoms with van der Waals surface area (Å²) in [6.45, 7) is 8.25. The van der Waals surface area contributed by atoms with Gasteiger partial charge in [0.2, 0.25) is 5.91 Å². The van der Waals surface area contributed by atoms with Gasteiger partial charge in [0.15, 0.2) is 0 Å². The molecule has 0 aliphatic rings. The van der Waals surface area contributed by atoms with Crippen molar-refractivity contribution >= 4 is 34.9 Å². The molecule has 3 aromatic rings. The van der Waals surface area contributed by atoms with E-state index in [4.69, 9.17) is 11.6 Å². The van der Waals surface area contributed by atoms with Gasteiger partial charge in [-0.2, -0.15) is 0 Å². The molecule has 2 aromatic heterocycles. The van der Waals surface area contributed by atoms with Gasteiger partial charge in [0, 0.05) is 29.3 Å². The van der Waals surface area contributed by atoms with Gasteiger partial charge < -0.3 is 10.3 Å². The second kappa shape index (κ2) is 9.35. The van der Waals surface area contributed by atoms with Gasteiger partial charge >= 0.3 is 0 Å². The number of aromatic amines is 1. The number of carbonyl (C=O) groups excluding carboxylic acids is 2. The molecule has 2 amide bonds. The van der Waals surface area contributed by atoms with Gasteiger partial charge in [0.25, 0.3) is 5.91 Å². The molecule has 0 aliphatic carbocycles. The van der Waals surface area contributed by atoms with Crippen LogP contribution in [-0.4, -0.2) is 27.7 Å². The third kappa shape index (κ3) is 5.33. The van der Waals surface area contributed by atoms with Crippen LogP contribution in [0.1, 0.15) is 43.6 Å². The third-order valence-corrected chi connectivity index (χ3v) is 5.22. The zero-order valence-electron chi connectivity index (χ0n) is 18.1. The Balaban J connectivity index is 2.05. The Morgan fingerprint density at radius 3 is 2.35 bits per heavy atom. The van der Waals surface area contributed by atoms with Crippen LogP contribution in [0.25, 0.3) is 0 Å². The fourth-order valence-corrected chi connectivity index (χ4v) is 3.49. The molecule has 31 heavy (non-hydrogen) atoms. The largest absolute Gasteiger partial charge is 0.346 e. The van der Waals surface area contributed by atoms with E-state index in [1.54, 1.807) is 30.6 Å². The number of H-pyrrole nitrogens is 1. The summed E-state index contributed by atoms with van der Waals surface area (Å²) < 4.78 is 0. The van der Waals surface area contributed by atoms with E-state index in [-0.39, 0.29) is 23.1 Å². The van der Waals surface area contributed by atoms with Crippen molar-refractivity contribution in [2.75, 3.05) is 16.1 Å². The summed E-state index contributed by atoms with van der Waals surface area (Å²) in [5.74, 6) is -0.449. The van der Waals surface area contributed by atoms with Crippen LogP contribution in [0.15, 0.2) is 60.9 Å². The van der Waals surface area contributed by atoms with E-state index in [2.05, 4.69) is 36.1 Å². The van der Waals surface area contributed by atoms with Crippen LogP contribution in [0, 0.1) is 6.92 Å². The van der Waals surface area contributed by atoms with Crippen molar-refractivity contribution in [1.82, 2.24) is 9.97 Å². The zero-order chi connectivity index (χ0) is 22.6. The van der Waals surface area contributed by atoms with Crippen LogP contribution in [-0.2, 0) is 15.0 Å². The topological polar surface area (TPSA) is 78.1 Å². The number of carbonyl (C=O) groups is 2. The molecule has 0 bridgehead atoms. The molecule has 1 atom stereocenters. The molecule has 0 saturated carbocycles. The lowest BCUT2D eigenvalue weighted by atomic mass is 9.87. The first-order valence-electron chi connectivity index (χ1n) is 10.1. The van der Waals surface area contributed by atoms with E-state index in [0.717, 1.165) is 11.3 Å². The highest BCUT2D eigenvalue weighted by Gasteiger charge is 2.33. The van der Waals surface area contributed by atoms with Crippen LogP contribution in [0.4, 0.5) is 11.5 Å². The Morgan fingerprint density at radius 1 is 1.13 bits per heavy atom. The van der Waals surface area contributed by atoms with Gasteiger partial charge in [0.1, 0.15) is 17.7 Å². The molecule has 1 aromatic carbocycles. The van der Waals surface area contributed by atoms with Crippen LogP contribution >= 0.6 is 11.6 Å². The number of nitrogens with one attached hydrogen (secondary N) is 2. The number of halogens is 1. The number of aromatic nitrogens is 2. The van der Waals surface area contributed by atoms with Crippen LogP contribution < -0.4 is 10.2 Å². The average Bonchev–Trinajstić information content (AvgIpc) is 3.15. The highest BCUT2D eigenvalue weighted by Crippen LogP contribution is 2.31. The smallest absolute Gasteiger partial charge is 0.253 e. The lowest BCUT2D eigenvalue weighted by Crippen LogP contribution is -2.42. The molecule has 2 N–H and O–H groups in total. The lowest BCUT2D eigenvalue weighted by molar-refractivity contribution is -0.122. The van der Waals surface area contributed by atoms with Gasteiger partial charge in [-0.3, -0.25) is 19.5 Å². The zero-order valence-corrected chi connectivity index (χ0v) is 18.9. The van der Waals surface area contributed by atoms with Crippen molar-refractivity contribution in [3.05, 3.63) is 77.7 Å². The Hall–Kier alpha value is -3.12. The summed E-state index contributed by atoms with van der Waals surface area (Å²) in [5, 5.41) is 2.87. The number of pyridine rings is 1. The number of rotatable bonds is 6. The maximum atomic E-state index is 13.4. The van der Waals surface area contributed by atoms with E-state index < -0.39 is 6.04 Å². The number of hydrogen-bond donors (Lipinski definition) is 2. The minimum absolute atomic E-state index is 0.0363. The van der Waals surface area contributed by atoms with E-state index in [9.17, 15) is 9.59 Å². The van der Waals surface area contributed by atoms with Gasteiger partial charge in [0.05, 0.1) is 0 Å². The van der Waals surface area contributed by atoms with E-state index in [1.165, 1.54) is 4.90 Å². The molecule has 0 aliphatic heterocycles. The summed E-state index contributed by atoms with van der Waals surface area (Å²) in [4.78, 5) is 35.0. The Labute approximate surface area is 187 Å². The minimum atomic E-state index is -0.941. The summed E-state index contributed by atoms with van der Waals surface area (Å²) in [7, 11) is 0. The average molecular weight is 439 g/mol. The molecule has 2 heterocycles. The Morgan fingerprint density at radius 2 is 1.84 bits per heavy atom. The first kappa shape index (κ1) is 22.6. The molecule has 7 heteroatoms. The van der Waals surface area contributed by atoms with Crippen molar-refractivity contribution in [2.24, 2.45) is 0 Å². The number of anilines is 2. The van der Waals surface area contributed by atoms with E-state index >= 15 is 0 Å². The van der Waals surface area contributed by atoms with Gasteiger partial charge in [-0.15, -0.1) is 11.6 Å². The molecule has 0 fully saturated rings. The normalized spacial score (nSPS) is 12.3. The van der Waals surface area contributed by atoms with Crippen molar-refractivity contribution in [3.63, 3.8) is 0 Å². The molecule has 0 spiro atoms. The summed E-state index contributed by atoms with van der Waals surface area (Å²) in [6.07, 6.45) is 3.21. The van der Waals surface area contributed by atoms with E-state index in [0.29, 0.717) is 17.1 Å². The van der Waals surface area contributed by atoms with E-state index in [1.807, 2.05) is 37.3 Å². The molecule has 6 nitrogen and oxygen atoms in total. The number of hydrogen-bond acceptors (Lipinski definition) is 3. The van der Waals surface area contributed by atoms with Gasteiger partial charge in [-0.25, -0.2) is 0 Å². The highest BCUT2D eigenvalue weighted by molar-refractivity contribution is 6.30. The van der Waals surface area contributed by atoms with Gasteiger partial charge in [-0.05, 0) is 48.2 Å². The molecular weight excluding hydrogens is 412 g/mol. The number of alkyl halides is 1. The Kier molecular flexibility index (Phi) is 6.81. The minimum Gasteiger partial charge on any atom is -0.346 e. The summed E-state index contributed by atoms with van der Waals surface area (Å²) in [5.41, 5.74) is 3.18. The molecule has 162 valence electrons. The number of benzene rings is 1. The maximum Gasteiger partial charge on any atom is 0.253 e. The second-order valence-electron chi connectivity index (χ2n) is 8.43. The van der Waals surface area contributed by atoms with Crippen LogP contribution in [0.3, 0.4) is 0 Å². The van der Waals surface area contributed by atoms with Crippen molar-refractivity contribution in [2.45, 2.75) is 39.2 Å². The molecule has 0 radical (unpaired) electrons. The number of nitrogens with zero attached hydrogens (tertiary/aromatic N) is 2. The first-order chi connectivity index (χ1) is 14.7. The second-order valence-corrected chi connectivity index (χ2v) is 8.69. The lowest BCUT2D eigenvalue weighted by Gasteiger charge is -2.31. The molecule has 1 unspecified atom stereocenters. The molecule has 0 saturated heterocycles. The number of amides is 2.